The monoisotopic (exact) mass is 286 g/mol. The molecule has 1 N–H and O–H groups in total. The average Bonchev–Trinajstić information content (AvgIpc) is 2.70. The van der Waals surface area contributed by atoms with Crippen LogP contribution in [0.5, 0.6) is 0 Å². The predicted octanol–water partition coefficient (Wildman–Crippen LogP) is 4.02. The largest absolute Gasteiger partial charge is 0.302 e. The van der Waals surface area contributed by atoms with Gasteiger partial charge in [-0.1, -0.05) is 15.9 Å². The van der Waals surface area contributed by atoms with Crippen LogP contribution < -0.4 is 4.72 Å². The lowest BCUT2D eigenvalue weighted by molar-refractivity contribution is 1.41. The van der Waals surface area contributed by atoms with Gasteiger partial charge < -0.3 is 4.72 Å². The number of nitrogens with zero attached hydrogens (tertiary/aromatic N) is 1. The molecule has 14 heavy (non-hydrogen) atoms. The molecule has 2 rings (SSSR count). The molecule has 72 valence electrons. The quantitative estimate of drug-likeness (QED) is 0.863. The number of rotatable bonds is 3. The Morgan fingerprint density at radius 2 is 2.07 bits per heavy atom. The molecule has 0 saturated carbocycles. The first kappa shape index (κ1) is 10.0. The van der Waals surface area contributed by atoms with Gasteiger partial charge in [-0.25, -0.2) is 4.98 Å². The van der Waals surface area contributed by atoms with E-state index in [2.05, 4.69) is 37.8 Å². The van der Waals surface area contributed by atoms with Crippen LogP contribution >= 0.6 is 39.2 Å². The van der Waals surface area contributed by atoms with Gasteiger partial charge >= 0.3 is 0 Å². The van der Waals surface area contributed by atoms with E-state index in [0.29, 0.717) is 0 Å². The highest BCUT2D eigenvalue weighted by Crippen LogP contribution is 2.23. The van der Waals surface area contributed by atoms with Crippen molar-refractivity contribution in [2.75, 3.05) is 4.72 Å². The summed E-state index contributed by atoms with van der Waals surface area (Å²) >= 11 is 6.55. The van der Waals surface area contributed by atoms with Crippen LogP contribution in [0.1, 0.15) is 0 Å². The molecule has 0 fully saturated rings. The molecular formula is C9H7BrN2S2. The molecular weight excluding hydrogens is 280 g/mol. The van der Waals surface area contributed by atoms with E-state index in [1.54, 1.807) is 29.5 Å². The molecule has 1 aromatic heterocycles. The maximum atomic E-state index is 4.13. The molecule has 0 saturated heterocycles. The normalized spacial score (nSPS) is 10.1. The van der Waals surface area contributed by atoms with Crippen molar-refractivity contribution in [3.8, 4) is 0 Å². The van der Waals surface area contributed by atoms with Crippen molar-refractivity contribution in [1.82, 2.24) is 4.98 Å². The third kappa shape index (κ3) is 2.73. The van der Waals surface area contributed by atoms with Crippen LogP contribution in [-0.2, 0) is 0 Å². The van der Waals surface area contributed by atoms with Crippen LogP contribution in [0, 0.1) is 0 Å². The Kier molecular flexibility index (Phi) is 3.44. The third-order valence-corrected chi connectivity index (χ3v) is 3.65. The number of aromatic nitrogens is 1. The Morgan fingerprint density at radius 3 is 2.71 bits per heavy atom. The van der Waals surface area contributed by atoms with Crippen molar-refractivity contribution >= 4 is 44.3 Å². The minimum absolute atomic E-state index is 0.929. The molecule has 0 atom stereocenters. The number of hydrogen-bond donors (Lipinski definition) is 1. The summed E-state index contributed by atoms with van der Waals surface area (Å²) in [6.07, 6.45) is 1.79. The molecule has 0 aliphatic heterocycles. The fourth-order valence-electron chi connectivity index (χ4n) is 0.879. The highest BCUT2D eigenvalue weighted by Gasteiger charge is 1.96. The highest BCUT2D eigenvalue weighted by atomic mass is 79.9. The van der Waals surface area contributed by atoms with E-state index in [-0.39, 0.29) is 0 Å². The molecule has 0 amide bonds. The lowest BCUT2D eigenvalue weighted by Crippen LogP contribution is -1.84. The van der Waals surface area contributed by atoms with Crippen molar-refractivity contribution < 1.29 is 0 Å². The fraction of sp³-hybridized carbons (Fsp3) is 0. The van der Waals surface area contributed by atoms with Crippen LogP contribution in [-0.4, -0.2) is 4.98 Å². The van der Waals surface area contributed by atoms with Crippen molar-refractivity contribution in [2.24, 2.45) is 0 Å². The molecule has 0 radical (unpaired) electrons. The summed E-state index contributed by atoms with van der Waals surface area (Å²) in [6, 6.07) is 8.14. The van der Waals surface area contributed by atoms with Gasteiger partial charge in [-0.3, -0.25) is 0 Å². The Labute approximate surface area is 99.0 Å². The molecule has 5 heteroatoms. The van der Waals surface area contributed by atoms with E-state index >= 15 is 0 Å². The van der Waals surface area contributed by atoms with E-state index in [9.17, 15) is 0 Å². The molecule has 0 unspecified atom stereocenters. The first-order valence-corrected chi connectivity index (χ1v) is 6.41. The summed E-state index contributed by atoms with van der Waals surface area (Å²) in [6.45, 7) is 0. The number of nitrogens with one attached hydrogen (secondary N) is 1. The van der Waals surface area contributed by atoms with Crippen LogP contribution in [0.2, 0.25) is 0 Å². The average molecular weight is 287 g/mol. The smallest absolute Gasteiger partial charge is 0.192 e. The topological polar surface area (TPSA) is 24.9 Å². The van der Waals surface area contributed by atoms with Crippen LogP contribution in [0.3, 0.4) is 0 Å². The maximum Gasteiger partial charge on any atom is 0.192 e. The molecule has 2 aromatic rings. The van der Waals surface area contributed by atoms with Gasteiger partial charge in [0.05, 0.1) is 0 Å². The van der Waals surface area contributed by atoms with E-state index in [1.165, 1.54) is 4.90 Å². The molecule has 1 aromatic carbocycles. The fourth-order valence-corrected chi connectivity index (χ4v) is 2.36. The Balaban J connectivity index is 1.95. The molecule has 0 aliphatic carbocycles. The second-order valence-electron chi connectivity index (χ2n) is 2.50. The van der Waals surface area contributed by atoms with Crippen molar-refractivity contribution in [3.05, 3.63) is 40.3 Å². The Morgan fingerprint density at radius 1 is 1.29 bits per heavy atom. The van der Waals surface area contributed by atoms with Gasteiger partial charge in [0, 0.05) is 20.9 Å². The summed E-state index contributed by atoms with van der Waals surface area (Å²) < 4.78 is 4.26. The molecule has 0 bridgehead atoms. The zero-order valence-electron chi connectivity index (χ0n) is 7.11. The lowest BCUT2D eigenvalue weighted by atomic mass is 10.4. The third-order valence-electron chi connectivity index (χ3n) is 1.50. The number of anilines is 1. The van der Waals surface area contributed by atoms with Gasteiger partial charge in [-0.2, -0.15) is 0 Å². The summed E-state index contributed by atoms with van der Waals surface area (Å²) in [5, 5.41) is 2.88. The van der Waals surface area contributed by atoms with E-state index < -0.39 is 0 Å². The zero-order chi connectivity index (χ0) is 9.80. The van der Waals surface area contributed by atoms with Gasteiger partial charge in [0.2, 0.25) is 0 Å². The SMILES string of the molecule is Brc1ccc(SNc2nccs2)cc1. The first-order valence-electron chi connectivity index (χ1n) is 3.92. The standard InChI is InChI=1S/C9H7BrN2S2/c10-7-1-3-8(4-2-7)14-12-9-11-5-6-13-9/h1-6H,(H,11,12). The Hall–Kier alpha value is -0.520. The predicted molar refractivity (Wildman–Crippen MR) is 65.7 cm³/mol. The second kappa shape index (κ2) is 4.82. The molecule has 1 heterocycles. The van der Waals surface area contributed by atoms with Gasteiger partial charge in [0.25, 0.3) is 0 Å². The van der Waals surface area contributed by atoms with Crippen LogP contribution in [0.4, 0.5) is 5.13 Å². The highest BCUT2D eigenvalue weighted by molar-refractivity contribution is 9.10. The number of hydrogen-bond acceptors (Lipinski definition) is 4. The van der Waals surface area contributed by atoms with E-state index in [4.69, 9.17) is 0 Å². The molecule has 0 spiro atoms. The lowest BCUT2D eigenvalue weighted by Gasteiger charge is -2.00. The van der Waals surface area contributed by atoms with E-state index in [1.807, 2.05) is 17.5 Å². The van der Waals surface area contributed by atoms with Crippen molar-refractivity contribution in [1.29, 1.82) is 0 Å². The van der Waals surface area contributed by atoms with E-state index in [0.717, 1.165) is 9.60 Å². The summed E-state index contributed by atoms with van der Waals surface area (Å²) in [7, 11) is 0. The summed E-state index contributed by atoms with van der Waals surface area (Å²) in [5.74, 6) is 0. The minimum atomic E-state index is 0.929. The van der Waals surface area contributed by atoms with Gasteiger partial charge in [-0.15, -0.1) is 11.3 Å². The summed E-state index contributed by atoms with van der Waals surface area (Å²) in [5.41, 5.74) is 0. The van der Waals surface area contributed by atoms with Crippen LogP contribution in [0.15, 0.2) is 45.2 Å². The molecule has 0 aliphatic rings. The van der Waals surface area contributed by atoms with Gasteiger partial charge in [0.1, 0.15) is 0 Å². The zero-order valence-corrected chi connectivity index (χ0v) is 10.3. The molecule has 2 nitrogen and oxygen atoms in total. The van der Waals surface area contributed by atoms with Crippen molar-refractivity contribution in [3.63, 3.8) is 0 Å². The summed E-state index contributed by atoms with van der Waals surface area (Å²) in [4.78, 5) is 5.30. The number of benzene rings is 1. The van der Waals surface area contributed by atoms with Crippen LogP contribution in [0.25, 0.3) is 0 Å². The minimum Gasteiger partial charge on any atom is -0.302 e. The van der Waals surface area contributed by atoms with Gasteiger partial charge in [0.15, 0.2) is 5.13 Å². The Bertz CT molecular complexity index is 386. The van der Waals surface area contributed by atoms with Gasteiger partial charge in [-0.05, 0) is 36.2 Å². The second-order valence-corrected chi connectivity index (χ2v) is 5.19. The van der Waals surface area contributed by atoms with Crippen molar-refractivity contribution in [2.45, 2.75) is 4.90 Å². The maximum absolute atomic E-state index is 4.13. The number of halogens is 1. The first-order chi connectivity index (χ1) is 6.84. The number of thiazole rings is 1.